The number of benzene rings is 2. The van der Waals surface area contributed by atoms with Crippen molar-refractivity contribution < 1.29 is 9.59 Å². The number of carbonyl (C=O) groups excluding carboxylic acids is 2. The van der Waals surface area contributed by atoms with Gasteiger partial charge in [-0.05, 0) is 30.5 Å². The summed E-state index contributed by atoms with van der Waals surface area (Å²) in [7, 11) is 0. The molecule has 3 rings (SSSR count). The Hall–Kier alpha value is -2.07. The van der Waals surface area contributed by atoms with Gasteiger partial charge in [-0.3, -0.25) is 9.59 Å². The Labute approximate surface area is 114 Å². The zero-order valence-electron chi connectivity index (χ0n) is 10.3. The molecule has 1 aliphatic rings. The molecule has 3 nitrogen and oxygen atoms in total. The molecule has 0 aromatic heterocycles. The fraction of sp³-hybridized carbons (Fsp3) is 0.0667. The van der Waals surface area contributed by atoms with E-state index in [-0.39, 0.29) is 11.6 Å². The van der Waals surface area contributed by atoms with Crippen LogP contribution in [0.4, 0.5) is 5.69 Å². The van der Waals surface area contributed by atoms with Gasteiger partial charge in [-0.2, -0.15) is 0 Å². The molecule has 0 unspecified atom stereocenters. The second-order valence-corrected chi connectivity index (χ2v) is 5.22. The van der Waals surface area contributed by atoms with E-state index in [1.54, 1.807) is 42.1 Å². The number of thioether (sulfide) groups is 1. The second kappa shape index (κ2) is 4.24. The van der Waals surface area contributed by atoms with Gasteiger partial charge in [0.2, 0.25) is 0 Å². The van der Waals surface area contributed by atoms with Crippen LogP contribution in [-0.4, -0.2) is 17.8 Å². The van der Waals surface area contributed by atoms with Crippen molar-refractivity contribution in [1.82, 2.24) is 0 Å². The van der Waals surface area contributed by atoms with Gasteiger partial charge in [0.1, 0.15) is 0 Å². The molecule has 0 saturated heterocycles. The highest BCUT2D eigenvalue weighted by Gasteiger charge is 2.31. The third-order valence-corrected chi connectivity index (χ3v) is 4.01. The van der Waals surface area contributed by atoms with Gasteiger partial charge < -0.3 is 5.73 Å². The minimum Gasteiger partial charge on any atom is -0.398 e. The largest absolute Gasteiger partial charge is 0.398 e. The summed E-state index contributed by atoms with van der Waals surface area (Å²) >= 11 is 1.54. The zero-order valence-corrected chi connectivity index (χ0v) is 11.1. The highest BCUT2D eigenvalue weighted by molar-refractivity contribution is 7.98. The third-order valence-electron chi connectivity index (χ3n) is 3.28. The van der Waals surface area contributed by atoms with E-state index in [1.165, 1.54) is 0 Å². The van der Waals surface area contributed by atoms with E-state index in [2.05, 4.69) is 0 Å². The summed E-state index contributed by atoms with van der Waals surface area (Å²) in [4.78, 5) is 25.9. The van der Waals surface area contributed by atoms with Gasteiger partial charge in [-0.15, -0.1) is 11.8 Å². The quantitative estimate of drug-likeness (QED) is 0.545. The van der Waals surface area contributed by atoms with Crippen LogP contribution in [0.25, 0.3) is 0 Å². The molecule has 4 heteroatoms. The summed E-state index contributed by atoms with van der Waals surface area (Å²) in [6, 6.07) is 10.3. The third kappa shape index (κ3) is 1.68. The van der Waals surface area contributed by atoms with Crippen LogP contribution >= 0.6 is 11.8 Å². The van der Waals surface area contributed by atoms with Crippen LogP contribution in [0.15, 0.2) is 41.3 Å². The van der Waals surface area contributed by atoms with Crippen LogP contribution in [0.3, 0.4) is 0 Å². The average molecular weight is 269 g/mol. The molecular weight excluding hydrogens is 258 g/mol. The van der Waals surface area contributed by atoms with E-state index in [0.29, 0.717) is 27.9 Å². The molecule has 0 saturated carbocycles. The molecule has 0 radical (unpaired) electrons. The molecule has 0 bridgehead atoms. The normalized spacial score (nSPS) is 13.1. The van der Waals surface area contributed by atoms with Gasteiger partial charge in [-0.1, -0.05) is 12.1 Å². The standard InChI is InChI=1S/C15H11NO2S/c1-19-8-5-6-9-11(7-8)14(17)10-3-2-4-12(16)13(10)15(9)18/h2-7H,16H2,1H3. The van der Waals surface area contributed by atoms with Crippen LogP contribution in [-0.2, 0) is 0 Å². The lowest BCUT2D eigenvalue weighted by molar-refractivity contribution is 0.0979. The van der Waals surface area contributed by atoms with Gasteiger partial charge in [0.05, 0.1) is 5.56 Å². The van der Waals surface area contributed by atoms with Gasteiger partial charge >= 0.3 is 0 Å². The van der Waals surface area contributed by atoms with Crippen molar-refractivity contribution in [2.75, 3.05) is 12.0 Å². The predicted molar refractivity (Wildman–Crippen MR) is 75.9 cm³/mol. The number of hydrogen-bond donors (Lipinski definition) is 1. The van der Waals surface area contributed by atoms with Crippen LogP contribution in [0.2, 0.25) is 0 Å². The number of carbonyl (C=O) groups is 2. The highest BCUT2D eigenvalue weighted by atomic mass is 32.2. The maximum absolute atomic E-state index is 12.5. The van der Waals surface area contributed by atoms with Gasteiger partial charge in [0, 0.05) is 27.3 Å². The Bertz CT molecular complexity index is 722. The molecule has 2 aromatic rings. The number of rotatable bonds is 1. The molecule has 2 aromatic carbocycles. The Balaban J connectivity index is 2.29. The van der Waals surface area contributed by atoms with Crippen molar-refractivity contribution in [3.8, 4) is 0 Å². The van der Waals surface area contributed by atoms with E-state index in [4.69, 9.17) is 5.73 Å². The zero-order chi connectivity index (χ0) is 13.6. The minimum atomic E-state index is -0.171. The van der Waals surface area contributed by atoms with Gasteiger partial charge in [-0.25, -0.2) is 0 Å². The van der Waals surface area contributed by atoms with E-state index in [0.717, 1.165) is 4.90 Å². The fourth-order valence-corrected chi connectivity index (χ4v) is 2.77. The van der Waals surface area contributed by atoms with Gasteiger partial charge in [0.15, 0.2) is 11.6 Å². The molecule has 0 fully saturated rings. The topological polar surface area (TPSA) is 60.2 Å². The number of nitrogen functional groups attached to an aromatic ring is 1. The maximum Gasteiger partial charge on any atom is 0.196 e. The fourth-order valence-electron chi connectivity index (χ4n) is 2.33. The summed E-state index contributed by atoms with van der Waals surface area (Å²) in [5, 5.41) is 0. The summed E-state index contributed by atoms with van der Waals surface area (Å²) in [6.45, 7) is 0. The van der Waals surface area contributed by atoms with Crippen molar-refractivity contribution in [2.24, 2.45) is 0 Å². The molecule has 94 valence electrons. The van der Waals surface area contributed by atoms with Crippen LogP contribution in [0.1, 0.15) is 31.8 Å². The van der Waals surface area contributed by atoms with Crippen molar-refractivity contribution in [1.29, 1.82) is 0 Å². The van der Waals surface area contributed by atoms with Crippen molar-refractivity contribution in [3.63, 3.8) is 0 Å². The Morgan fingerprint density at radius 2 is 1.74 bits per heavy atom. The second-order valence-electron chi connectivity index (χ2n) is 4.34. The maximum atomic E-state index is 12.5. The van der Waals surface area contributed by atoms with E-state index < -0.39 is 0 Å². The Kier molecular flexibility index (Phi) is 2.68. The molecular formula is C15H11NO2S. The molecule has 0 spiro atoms. The monoisotopic (exact) mass is 269 g/mol. The summed E-state index contributed by atoms with van der Waals surface area (Å²) in [5.41, 5.74) is 7.82. The van der Waals surface area contributed by atoms with Crippen molar-refractivity contribution >= 4 is 29.0 Å². The summed E-state index contributed by atoms with van der Waals surface area (Å²) in [6.07, 6.45) is 1.93. The Morgan fingerprint density at radius 1 is 0.947 bits per heavy atom. The number of fused-ring (bicyclic) bond motifs is 2. The molecule has 0 amide bonds. The smallest absolute Gasteiger partial charge is 0.196 e. The van der Waals surface area contributed by atoms with Crippen LogP contribution < -0.4 is 5.73 Å². The molecule has 1 aliphatic carbocycles. The first kappa shape index (κ1) is 12.0. The molecule has 19 heavy (non-hydrogen) atoms. The number of anilines is 1. The lowest BCUT2D eigenvalue weighted by atomic mass is 9.83. The number of nitrogens with two attached hydrogens (primary N) is 1. The van der Waals surface area contributed by atoms with E-state index in [9.17, 15) is 9.59 Å². The Morgan fingerprint density at radius 3 is 2.47 bits per heavy atom. The SMILES string of the molecule is CSc1ccc2c(c1)C(=O)c1cccc(N)c1C2=O. The first-order chi connectivity index (χ1) is 9.13. The first-order valence-corrected chi connectivity index (χ1v) is 7.02. The molecule has 2 N–H and O–H groups in total. The van der Waals surface area contributed by atoms with Crippen LogP contribution in [0.5, 0.6) is 0 Å². The molecule has 0 heterocycles. The van der Waals surface area contributed by atoms with Gasteiger partial charge in [0.25, 0.3) is 0 Å². The lowest BCUT2D eigenvalue weighted by Crippen LogP contribution is -2.22. The average Bonchev–Trinajstić information content (AvgIpc) is 2.44. The van der Waals surface area contributed by atoms with E-state index in [1.807, 2.05) is 12.3 Å². The van der Waals surface area contributed by atoms with E-state index >= 15 is 0 Å². The summed E-state index contributed by atoms with van der Waals surface area (Å²) in [5.74, 6) is -0.303. The lowest BCUT2D eigenvalue weighted by Gasteiger charge is -2.19. The highest BCUT2D eigenvalue weighted by Crippen LogP contribution is 2.32. The minimum absolute atomic E-state index is 0.132. The molecule has 0 aliphatic heterocycles. The number of hydrogen-bond acceptors (Lipinski definition) is 4. The first-order valence-electron chi connectivity index (χ1n) is 5.79. The molecule has 0 atom stereocenters. The van der Waals surface area contributed by atoms with Crippen LogP contribution in [0, 0.1) is 0 Å². The van der Waals surface area contributed by atoms with Crippen molar-refractivity contribution in [2.45, 2.75) is 4.90 Å². The summed E-state index contributed by atoms with van der Waals surface area (Å²) < 4.78 is 0. The predicted octanol–water partition coefficient (Wildman–Crippen LogP) is 2.77. The number of ketones is 2. The van der Waals surface area contributed by atoms with Crippen molar-refractivity contribution in [3.05, 3.63) is 58.7 Å².